The lowest BCUT2D eigenvalue weighted by Gasteiger charge is -2.28. The Balaban J connectivity index is 1.76. The third-order valence-corrected chi connectivity index (χ3v) is 5.92. The average molecular weight is 421 g/mol. The molecule has 0 saturated carbocycles. The van der Waals surface area contributed by atoms with Crippen molar-refractivity contribution >= 4 is 39.2 Å². The number of amides is 3. The highest BCUT2D eigenvalue weighted by molar-refractivity contribution is 7.90. The maximum Gasteiger partial charge on any atom is 0.336 e. The molecule has 1 aliphatic heterocycles. The predicted octanol–water partition coefficient (Wildman–Crippen LogP) is 1.42. The fourth-order valence-electron chi connectivity index (χ4n) is 2.50. The summed E-state index contributed by atoms with van der Waals surface area (Å²) in [5.41, 5.74) is 0.601. The van der Waals surface area contributed by atoms with E-state index in [0.717, 1.165) is 0 Å². The molecular weight excluding hydrogens is 408 g/mol. The van der Waals surface area contributed by atoms with E-state index in [2.05, 4.69) is 20.6 Å². The van der Waals surface area contributed by atoms with E-state index in [9.17, 15) is 18.0 Å². The Labute approximate surface area is 165 Å². The van der Waals surface area contributed by atoms with Gasteiger partial charge in [0.05, 0.1) is 11.7 Å². The molecule has 28 heavy (non-hydrogen) atoms. The van der Waals surface area contributed by atoms with Crippen molar-refractivity contribution in [1.29, 1.82) is 5.26 Å². The molecule has 1 aliphatic rings. The Hall–Kier alpha value is -3.23. The van der Waals surface area contributed by atoms with E-state index in [-0.39, 0.29) is 21.4 Å². The first kappa shape index (κ1) is 19.5. The van der Waals surface area contributed by atoms with E-state index in [1.807, 2.05) is 0 Å². The summed E-state index contributed by atoms with van der Waals surface area (Å²) in [6, 6.07) is 4.28. The Morgan fingerprint density at radius 3 is 2.71 bits per heavy atom. The number of sulfonamides is 1. The number of benzene rings is 1. The molecule has 0 bridgehead atoms. The number of anilines is 1. The molecule has 3 amide bonds. The molecule has 0 spiro atoms. The molecule has 0 aliphatic carbocycles. The van der Waals surface area contributed by atoms with Gasteiger partial charge in [-0.2, -0.15) is 5.26 Å². The second-order valence-electron chi connectivity index (χ2n) is 5.82. The van der Waals surface area contributed by atoms with Crippen LogP contribution in [0.3, 0.4) is 0 Å². The van der Waals surface area contributed by atoms with Crippen LogP contribution >= 0.6 is 11.6 Å². The summed E-state index contributed by atoms with van der Waals surface area (Å²) in [5, 5.41) is 13.9. The summed E-state index contributed by atoms with van der Waals surface area (Å²) in [7, 11) is -4.24. The highest BCUT2D eigenvalue weighted by Gasteiger charge is 2.38. The zero-order valence-electron chi connectivity index (χ0n) is 14.4. The fourth-order valence-corrected chi connectivity index (χ4v) is 4.19. The molecule has 0 radical (unpaired) electrons. The van der Waals surface area contributed by atoms with Crippen molar-refractivity contribution in [3.63, 3.8) is 0 Å². The number of hydrogen-bond acceptors (Lipinski definition) is 7. The van der Waals surface area contributed by atoms with Crippen molar-refractivity contribution < 1.29 is 18.0 Å². The van der Waals surface area contributed by atoms with Gasteiger partial charge in [0.1, 0.15) is 17.5 Å². The molecule has 3 rings (SSSR count). The van der Waals surface area contributed by atoms with Gasteiger partial charge in [0.25, 0.3) is 10.0 Å². The maximum absolute atomic E-state index is 12.7. The normalized spacial score (nSPS) is 15.8. The van der Waals surface area contributed by atoms with Gasteiger partial charge in [-0.05, 0) is 25.1 Å². The van der Waals surface area contributed by atoms with Crippen LogP contribution in [0.5, 0.6) is 0 Å². The second-order valence-corrected chi connectivity index (χ2v) is 8.09. The fraction of sp³-hybridized carbons (Fsp3) is 0.188. The van der Waals surface area contributed by atoms with E-state index in [0.29, 0.717) is 9.87 Å². The third-order valence-electron chi connectivity index (χ3n) is 3.92. The number of nitriles is 1. The van der Waals surface area contributed by atoms with E-state index in [1.165, 1.54) is 30.6 Å². The van der Waals surface area contributed by atoms with Crippen LogP contribution in [0.15, 0.2) is 35.5 Å². The average Bonchev–Trinajstić information content (AvgIpc) is 2.66. The zero-order chi connectivity index (χ0) is 20.5. The monoisotopic (exact) mass is 420 g/mol. The number of rotatable bonds is 4. The van der Waals surface area contributed by atoms with Gasteiger partial charge in [0.2, 0.25) is 11.7 Å². The summed E-state index contributed by atoms with van der Waals surface area (Å²) >= 11 is 5.85. The standard InChI is InChI=1S/C16H13ClN6O4S/c1-9(10-6-19-14(5-18)20-7-10)21-15(24)8-23-16(25)22-12-3-2-11(17)4-13(12)28(23,26)27/h2-4,6-7,9H,8H2,1H3,(H,21,24)(H,22,25)/t9-/m0/s1. The number of carbonyl (C=O) groups is 2. The zero-order valence-corrected chi connectivity index (χ0v) is 16.0. The van der Waals surface area contributed by atoms with Crippen molar-refractivity contribution in [3.8, 4) is 6.07 Å². The highest BCUT2D eigenvalue weighted by atomic mass is 35.5. The second kappa shape index (κ2) is 7.41. The van der Waals surface area contributed by atoms with Crippen molar-refractivity contribution in [2.24, 2.45) is 0 Å². The molecule has 0 saturated heterocycles. The van der Waals surface area contributed by atoms with Crippen LogP contribution in [-0.2, 0) is 14.8 Å². The van der Waals surface area contributed by atoms with Gasteiger partial charge in [-0.15, -0.1) is 0 Å². The van der Waals surface area contributed by atoms with Gasteiger partial charge in [0, 0.05) is 23.0 Å². The summed E-state index contributed by atoms with van der Waals surface area (Å²) in [5.74, 6) is -0.725. The van der Waals surface area contributed by atoms with Gasteiger partial charge < -0.3 is 10.6 Å². The van der Waals surface area contributed by atoms with Crippen LogP contribution in [0.1, 0.15) is 24.4 Å². The van der Waals surface area contributed by atoms with Gasteiger partial charge >= 0.3 is 6.03 Å². The van der Waals surface area contributed by atoms with Crippen LogP contribution in [-0.4, -0.2) is 41.2 Å². The number of carbonyl (C=O) groups excluding carboxylic acids is 2. The minimum Gasteiger partial charge on any atom is -0.348 e. The SMILES string of the molecule is C[C@H](NC(=O)CN1C(=O)Nc2ccc(Cl)cc2S1(=O)=O)c1cnc(C#N)nc1. The number of urea groups is 1. The highest BCUT2D eigenvalue weighted by Crippen LogP contribution is 2.32. The van der Waals surface area contributed by atoms with Crippen molar-refractivity contribution in [2.75, 3.05) is 11.9 Å². The molecule has 2 aromatic rings. The molecule has 1 atom stereocenters. The number of aromatic nitrogens is 2. The number of hydrogen-bond donors (Lipinski definition) is 2. The number of nitrogens with one attached hydrogen (secondary N) is 2. The first-order valence-electron chi connectivity index (χ1n) is 7.87. The summed E-state index contributed by atoms with van der Waals surface area (Å²) in [6.45, 7) is 0.907. The predicted molar refractivity (Wildman–Crippen MR) is 97.7 cm³/mol. The minimum absolute atomic E-state index is 0.0179. The lowest BCUT2D eigenvalue weighted by atomic mass is 10.2. The van der Waals surface area contributed by atoms with E-state index >= 15 is 0 Å². The topological polar surface area (TPSA) is 145 Å². The molecule has 144 valence electrons. The summed E-state index contributed by atoms with van der Waals surface area (Å²) < 4.78 is 25.8. The Bertz CT molecular complexity index is 1100. The number of halogens is 1. The van der Waals surface area contributed by atoms with Crippen LogP contribution in [0.2, 0.25) is 5.02 Å². The quantitative estimate of drug-likeness (QED) is 0.760. The largest absolute Gasteiger partial charge is 0.348 e. The molecule has 1 aromatic carbocycles. The van der Waals surface area contributed by atoms with E-state index in [4.69, 9.17) is 16.9 Å². The lowest BCUT2D eigenvalue weighted by molar-refractivity contribution is -0.121. The summed E-state index contributed by atoms with van der Waals surface area (Å²) in [4.78, 5) is 31.9. The van der Waals surface area contributed by atoms with Crippen molar-refractivity contribution in [2.45, 2.75) is 17.9 Å². The Morgan fingerprint density at radius 2 is 2.07 bits per heavy atom. The molecule has 10 nitrogen and oxygen atoms in total. The molecule has 1 aromatic heterocycles. The van der Waals surface area contributed by atoms with Gasteiger partial charge in [-0.1, -0.05) is 11.6 Å². The smallest absolute Gasteiger partial charge is 0.336 e. The Kier molecular flexibility index (Phi) is 5.17. The molecular formula is C16H13ClN6O4S. The van der Waals surface area contributed by atoms with E-state index < -0.39 is 34.5 Å². The van der Waals surface area contributed by atoms with Gasteiger partial charge in [-0.25, -0.2) is 27.5 Å². The van der Waals surface area contributed by atoms with Gasteiger partial charge in [-0.3, -0.25) is 4.79 Å². The number of nitrogens with zero attached hydrogens (tertiary/aromatic N) is 4. The first-order valence-corrected chi connectivity index (χ1v) is 9.69. The summed E-state index contributed by atoms with van der Waals surface area (Å²) in [6.07, 6.45) is 2.75. The van der Waals surface area contributed by atoms with Crippen LogP contribution < -0.4 is 10.6 Å². The third kappa shape index (κ3) is 3.73. The number of fused-ring (bicyclic) bond motifs is 1. The molecule has 12 heteroatoms. The van der Waals surface area contributed by atoms with Gasteiger partial charge in [0.15, 0.2) is 0 Å². The minimum atomic E-state index is -4.24. The van der Waals surface area contributed by atoms with Crippen LogP contribution in [0.25, 0.3) is 0 Å². The lowest BCUT2D eigenvalue weighted by Crippen LogP contribution is -2.48. The molecule has 2 heterocycles. The molecule has 0 unspecified atom stereocenters. The molecule has 2 N–H and O–H groups in total. The van der Waals surface area contributed by atoms with Crippen LogP contribution in [0, 0.1) is 11.3 Å². The van der Waals surface area contributed by atoms with Crippen molar-refractivity contribution in [3.05, 3.63) is 47.0 Å². The first-order chi connectivity index (χ1) is 13.2. The molecule has 0 fully saturated rings. The maximum atomic E-state index is 12.7. The Morgan fingerprint density at radius 1 is 1.39 bits per heavy atom. The van der Waals surface area contributed by atoms with E-state index in [1.54, 1.807) is 13.0 Å². The van der Waals surface area contributed by atoms with Crippen molar-refractivity contribution in [1.82, 2.24) is 19.6 Å². The van der Waals surface area contributed by atoms with Crippen LogP contribution in [0.4, 0.5) is 10.5 Å².